The van der Waals surface area contributed by atoms with Crippen molar-refractivity contribution in [1.29, 1.82) is 0 Å². The molecule has 1 atom stereocenters. The predicted octanol–water partition coefficient (Wildman–Crippen LogP) is 0.669. The van der Waals surface area contributed by atoms with Gasteiger partial charge in [-0.2, -0.15) is 0 Å². The average Bonchev–Trinajstić information content (AvgIpc) is 2.86. The van der Waals surface area contributed by atoms with Crippen LogP contribution in [0.2, 0.25) is 0 Å². The van der Waals surface area contributed by atoms with Gasteiger partial charge in [0.05, 0.1) is 11.4 Å². The first-order chi connectivity index (χ1) is 9.93. The van der Waals surface area contributed by atoms with E-state index in [1.807, 2.05) is 13.8 Å². The van der Waals surface area contributed by atoms with Crippen molar-refractivity contribution in [3.05, 3.63) is 11.8 Å². The predicted molar refractivity (Wildman–Crippen MR) is 77.2 cm³/mol. The fourth-order valence-electron chi connectivity index (χ4n) is 1.34. The summed E-state index contributed by atoms with van der Waals surface area (Å²) in [7, 11) is 0. The number of aromatic nitrogens is 1. The van der Waals surface area contributed by atoms with Crippen LogP contribution in [-0.4, -0.2) is 46.1 Å². The molecule has 0 fully saturated rings. The monoisotopic (exact) mass is 315 g/mol. The molecule has 8 nitrogen and oxygen atoms in total. The Morgan fingerprint density at radius 1 is 1.52 bits per heavy atom. The maximum atomic E-state index is 11.6. The minimum absolute atomic E-state index is 0.0437. The summed E-state index contributed by atoms with van der Waals surface area (Å²) in [6.45, 7) is 3.90. The van der Waals surface area contributed by atoms with Crippen molar-refractivity contribution in [2.24, 2.45) is 0 Å². The van der Waals surface area contributed by atoms with E-state index >= 15 is 0 Å². The number of carboxylic acids is 1. The number of hydrogen-bond acceptors (Lipinski definition) is 6. The first-order valence-corrected chi connectivity index (χ1v) is 7.36. The zero-order chi connectivity index (χ0) is 15.8. The SMILES string of the molecule is CC(C)c1cc(NC(=O)CSCC(NC=O)C(=O)O)on1. The quantitative estimate of drug-likeness (QED) is 0.572. The molecule has 1 unspecified atom stereocenters. The molecule has 1 rings (SSSR count). The largest absolute Gasteiger partial charge is 0.480 e. The number of amides is 2. The third-order valence-corrected chi connectivity index (χ3v) is 3.50. The number of aliphatic carboxylic acids is 1. The van der Waals surface area contributed by atoms with Gasteiger partial charge in [-0.05, 0) is 5.92 Å². The highest BCUT2D eigenvalue weighted by atomic mass is 32.2. The van der Waals surface area contributed by atoms with E-state index in [1.165, 1.54) is 0 Å². The average molecular weight is 315 g/mol. The molecule has 0 spiro atoms. The number of rotatable bonds is 9. The van der Waals surface area contributed by atoms with E-state index in [1.54, 1.807) is 6.07 Å². The van der Waals surface area contributed by atoms with Crippen LogP contribution in [0.25, 0.3) is 0 Å². The lowest BCUT2D eigenvalue weighted by Gasteiger charge is -2.09. The Morgan fingerprint density at radius 3 is 2.76 bits per heavy atom. The molecule has 1 heterocycles. The molecule has 0 aromatic carbocycles. The summed E-state index contributed by atoms with van der Waals surface area (Å²) < 4.78 is 4.96. The highest BCUT2D eigenvalue weighted by Gasteiger charge is 2.17. The lowest BCUT2D eigenvalue weighted by atomic mass is 10.1. The lowest BCUT2D eigenvalue weighted by Crippen LogP contribution is -2.38. The molecule has 0 bridgehead atoms. The van der Waals surface area contributed by atoms with Gasteiger partial charge < -0.3 is 14.9 Å². The standard InChI is InChI=1S/C12H17N3O5S/c1-7(2)8-3-11(20-15-8)14-10(17)5-21-4-9(12(18)19)13-6-16/h3,6-7,9H,4-5H2,1-2H3,(H,13,16)(H,14,17)(H,18,19). The molecule has 1 aromatic heterocycles. The van der Waals surface area contributed by atoms with E-state index < -0.39 is 12.0 Å². The van der Waals surface area contributed by atoms with E-state index in [0.717, 1.165) is 17.5 Å². The van der Waals surface area contributed by atoms with Gasteiger partial charge >= 0.3 is 5.97 Å². The minimum atomic E-state index is -1.15. The summed E-state index contributed by atoms with van der Waals surface area (Å²) in [6, 6.07) is 0.624. The Bertz CT molecular complexity index is 503. The van der Waals surface area contributed by atoms with Crippen molar-refractivity contribution in [3.63, 3.8) is 0 Å². The summed E-state index contributed by atoms with van der Waals surface area (Å²) in [6.07, 6.45) is 0.321. The van der Waals surface area contributed by atoms with Crippen molar-refractivity contribution < 1.29 is 24.0 Å². The number of nitrogens with one attached hydrogen (secondary N) is 2. The number of carboxylic acid groups (broad SMARTS) is 1. The highest BCUT2D eigenvalue weighted by molar-refractivity contribution is 8.00. The third-order valence-electron chi connectivity index (χ3n) is 2.47. The van der Waals surface area contributed by atoms with Gasteiger partial charge in [0, 0.05) is 11.8 Å². The molecule has 0 radical (unpaired) electrons. The van der Waals surface area contributed by atoms with Gasteiger partial charge in [-0.25, -0.2) is 4.79 Å². The molecule has 9 heteroatoms. The van der Waals surface area contributed by atoms with Crippen LogP contribution in [0.3, 0.4) is 0 Å². The van der Waals surface area contributed by atoms with Crippen LogP contribution in [0, 0.1) is 0 Å². The fraction of sp³-hybridized carbons (Fsp3) is 0.500. The molecule has 0 saturated heterocycles. The van der Waals surface area contributed by atoms with Crippen LogP contribution in [0.15, 0.2) is 10.6 Å². The van der Waals surface area contributed by atoms with Gasteiger partial charge in [-0.3, -0.25) is 14.9 Å². The van der Waals surface area contributed by atoms with E-state index in [2.05, 4.69) is 15.8 Å². The summed E-state index contributed by atoms with van der Waals surface area (Å²) in [4.78, 5) is 32.6. The van der Waals surface area contributed by atoms with Crippen molar-refractivity contribution in [2.75, 3.05) is 16.8 Å². The zero-order valence-corrected chi connectivity index (χ0v) is 12.5. The lowest BCUT2D eigenvalue weighted by molar-refractivity contribution is -0.139. The summed E-state index contributed by atoms with van der Waals surface area (Å²) >= 11 is 1.09. The van der Waals surface area contributed by atoms with E-state index in [9.17, 15) is 14.4 Å². The van der Waals surface area contributed by atoms with Crippen molar-refractivity contribution in [3.8, 4) is 0 Å². The Morgan fingerprint density at radius 2 is 2.24 bits per heavy atom. The maximum absolute atomic E-state index is 11.6. The van der Waals surface area contributed by atoms with Crippen molar-refractivity contribution in [1.82, 2.24) is 10.5 Å². The number of thioether (sulfide) groups is 1. The normalized spacial score (nSPS) is 12.0. The van der Waals surface area contributed by atoms with Crippen LogP contribution < -0.4 is 10.6 Å². The second kappa shape index (κ2) is 8.30. The molecule has 0 aliphatic rings. The zero-order valence-electron chi connectivity index (χ0n) is 11.7. The van der Waals surface area contributed by atoms with Crippen LogP contribution in [0.4, 0.5) is 5.88 Å². The van der Waals surface area contributed by atoms with Crippen LogP contribution >= 0.6 is 11.8 Å². The second-order valence-electron chi connectivity index (χ2n) is 4.51. The topological polar surface area (TPSA) is 122 Å². The fourth-order valence-corrected chi connectivity index (χ4v) is 2.19. The molecule has 1 aromatic rings. The molecule has 3 N–H and O–H groups in total. The molecule has 0 aliphatic carbocycles. The number of anilines is 1. The smallest absolute Gasteiger partial charge is 0.327 e. The first kappa shape index (κ1) is 17.0. The van der Waals surface area contributed by atoms with Crippen LogP contribution in [0.5, 0.6) is 0 Å². The number of hydrogen-bond donors (Lipinski definition) is 3. The van der Waals surface area contributed by atoms with Gasteiger partial charge in [-0.1, -0.05) is 19.0 Å². The first-order valence-electron chi connectivity index (χ1n) is 6.20. The molecule has 0 saturated carbocycles. The van der Waals surface area contributed by atoms with Gasteiger partial charge in [0.15, 0.2) is 0 Å². The summed E-state index contributed by atoms with van der Waals surface area (Å²) in [5, 5.41) is 17.3. The van der Waals surface area contributed by atoms with Crippen molar-refractivity contribution in [2.45, 2.75) is 25.8 Å². The number of carbonyl (C=O) groups excluding carboxylic acids is 2. The van der Waals surface area contributed by atoms with Crippen LogP contribution in [-0.2, 0) is 14.4 Å². The van der Waals surface area contributed by atoms with Gasteiger partial charge in [0.25, 0.3) is 0 Å². The number of carbonyl (C=O) groups is 3. The van der Waals surface area contributed by atoms with Gasteiger partial charge in [0.2, 0.25) is 18.2 Å². The molecule has 116 valence electrons. The van der Waals surface area contributed by atoms with Crippen LogP contribution in [0.1, 0.15) is 25.5 Å². The third kappa shape index (κ3) is 5.86. The summed E-state index contributed by atoms with van der Waals surface area (Å²) in [5.41, 5.74) is 0.735. The Labute approximate surface area is 125 Å². The molecule has 21 heavy (non-hydrogen) atoms. The van der Waals surface area contributed by atoms with E-state index in [0.29, 0.717) is 6.41 Å². The minimum Gasteiger partial charge on any atom is -0.480 e. The van der Waals surface area contributed by atoms with Gasteiger partial charge in [-0.15, -0.1) is 11.8 Å². The van der Waals surface area contributed by atoms with E-state index in [-0.39, 0.29) is 29.2 Å². The Hall–Kier alpha value is -2.03. The van der Waals surface area contributed by atoms with Gasteiger partial charge in [0.1, 0.15) is 6.04 Å². The number of nitrogens with zero attached hydrogens (tertiary/aromatic N) is 1. The Balaban J connectivity index is 2.36. The molecular weight excluding hydrogens is 298 g/mol. The molecular formula is C12H17N3O5S. The van der Waals surface area contributed by atoms with Crippen molar-refractivity contribution >= 4 is 35.9 Å². The molecule has 0 aliphatic heterocycles. The maximum Gasteiger partial charge on any atom is 0.327 e. The summed E-state index contributed by atoms with van der Waals surface area (Å²) in [5.74, 6) is -0.893. The molecule has 2 amide bonds. The Kier molecular flexibility index (Phi) is 6.73. The highest BCUT2D eigenvalue weighted by Crippen LogP contribution is 2.17. The van der Waals surface area contributed by atoms with E-state index in [4.69, 9.17) is 9.63 Å². The second-order valence-corrected chi connectivity index (χ2v) is 5.54.